The standard InChI is InChI=1S/C28H33NO6/c1-16(2)15-35-19-8-6-17(7-9-19)18-12-22-26(23(30)13-18)21(14-25(31)29-22)20-10-11-24(32-3)28(34-5)27(20)33-4/h6-11,16,18,21H,12-15H2,1-5H3,(H,29,31). The summed E-state index contributed by atoms with van der Waals surface area (Å²) < 4.78 is 22.4. The molecule has 2 aromatic rings. The number of amides is 1. The Morgan fingerprint density at radius 2 is 1.60 bits per heavy atom. The highest BCUT2D eigenvalue weighted by molar-refractivity contribution is 6.02. The van der Waals surface area contributed by atoms with E-state index in [-0.39, 0.29) is 24.0 Å². The van der Waals surface area contributed by atoms with Crippen LogP contribution in [0.4, 0.5) is 0 Å². The van der Waals surface area contributed by atoms with Gasteiger partial charge in [-0.25, -0.2) is 0 Å². The first-order chi connectivity index (χ1) is 16.9. The van der Waals surface area contributed by atoms with Crippen LogP contribution in [-0.4, -0.2) is 39.6 Å². The Balaban J connectivity index is 1.65. The third-order valence-electron chi connectivity index (χ3n) is 6.58. The van der Waals surface area contributed by atoms with Crippen molar-refractivity contribution >= 4 is 11.7 Å². The summed E-state index contributed by atoms with van der Waals surface area (Å²) in [4.78, 5) is 26.2. The zero-order chi connectivity index (χ0) is 25.1. The lowest BCUT2D eigenvalue weighted by molar-refractivity contribution is -0.122. The van der Waals surface area contributed by atoms with Crippen molar-refractivity contribution in [1.82, 2.24) is 5.32 Å². The Morgan fingerprint density at radius 1 is 0.886 bits per heavy atom. The van der Waals surface area contributed by atoms with Crippen LogP contribution in [0.25, 0.3) is 0 Å². The highest BCUT2D eigenvalue weighted by Crippen LogP contribution is 2.49. The highest BCUT2D eigenvalue weighted by Gasteiger charge is 2.40. The molecule has 186 valence electrons. The Bertz CT molecular complexity index is 1130. The van der Waals surface area contributed by atoms with Crippen molar-refractivity contribution in [3.63, 3.8) is 0 Å². The van der Waals surface area contributed by atoms with E-state index in [1.165, 1.54) is 7.11 Å². The first-order valence-electron chi connectivity index (χ1n) is 11.9. The summed E-state index contributed by atoms with van der Waals surface area (Å²) in [7, 11) is 4.64. The maximum absolute atomic E-state index is 13.5. The number of methoxy groups -OCH3 is 3. The number of hydrogen-bond donors (Lipinski definition) is 1. The molecule has 2 aliphatic rings. The number of Topliss-reactive ketones (excluding diaryl/α,β-unsaturated/α-hetero) is 1. The summed E-state index contributed by atoms with van der Waals surface area (Å²) in [5, 5.41) is 2.98. The van der Waals surface area contributed by atoms with Gasteiger partial charge in [0.2, 0.25) is 11.7 Å². The SMILES string of the molecule is COc1ccc(C2CC(=O)NC3=C2C(=O)CC(c2ccc(OCC(C)C)cc2)C3)c(OC)c1OC. The number of ether oxygens (including phenoxy) is 4. The number of carbonyl (C=O) groups is 2. The van der Waals surface area contributed by atoms with Gasteiger partial charge >= 0.3 is 0 Å². The number of hydrogen-bond acceptors (Lipinski definition) is 6. The fraction of sp³-hybridized carbons (Fsp3) is 0.429. The zero-order valence-corrected chi connectivity index (χ0v) is 21.0. The van der Waals surface area contributed by atoms with E-state index in [0.29, 0.717) is 53.9 Å². The smallest absolute Gasteiger partial charge is 0.225 e. The van der Waals surface area contributed by atoms with Crippen LogP contribution in [0.15, 0.2) is 47.7 Å². The Morgan fingerprint density at radius 3 is 2.23 bits per heavy atom. The number of benzene rings is 2. The van der Waals surface area contributed by atoms with Gasteiger partial charge in [-0.15, -0.1) is 0 Å². The van der Waals surface area contributed by atoms with Crippen LogP contribution in [0.3, 0.4) is 0 Å². The van der Waals surface area contributed by atoms with E-state index < -0.39 is 5.92 Å². The molecule has 7 heteroatoms. The van der Waals surface area contributed by atoms with Gasteiger partial charge in [-0.2, -0.15) is 0 Å². The lowest BCUT2D eigenvalue weighted by atomic mass is 9.73. The lowest BCUT2D eigenvalue weighted by Gasteiger charge is -2.35. The molecule has 0 aromatic heterocycles. The topological polar surface area (TPSA) is 83.1 Å². The van der Waals surface area contributed by atoms with Gasteiger partial charge in [0, 0.05) is 35.6 Å². The number of allylic oxidation sites excluding steroid dienone is 2. The van der Waals surface area contributed by atoms with Crippen molar-refractivity contribution < 1.29 is 28.5 Å². The van der Waals surface area contributed by atoms with Crippen LogP contribution in [0.5, 0.6) is 23.0 Å². The van der Waals surface area contributed by atoms with E-state index in [4.69, 9.17) is 18.9 Å². The van der Waals surface area contributed by atoms with E-state index in [1.54, 1.807) is 20.3 Å². The molecule has 1 aliphatic carbocycles. The fourth-order valence-corrected chi connectivity index (χ4v) is 4.96. The second kappa shape index (κ2) is 10.4. The van der Waals surface area contributed by atoms with Crippen LogP contribution in [-0.2, 0) is 9.59 Å². The summed E-state index contributed by atoms with van der Waals surface area (Å²) >= 11 is 0. The minimum absolute atomic E-state index is 0.00764. The first kappa shape index (κ1) is 24.6. The van der Waals surface area contributed by atoms with E-state index >= 15 is 0 Å². The van der Waals surface area contributed by atoms with Crippen LogP contribution in [0.1, 0.15) is 56.1 Å². The van der Waals surface area contributed by atoms with Gasteiger partial charge in [-0.3, -0.25) is 9.59 Å². The van der Waals surface area contributed by atoms with Crippen molar-refractivity contribution in [2.75, 3.05) is 27.9 Å². The number of ketones is 1. The largest absolute Gasteiger partial charge is 0.493 e. The molecule has 0 spiro atoms. The minimum atomic E-state index is -0.409. The lowest BCUT2D eigenvalue weighted by Crippen LogP contribution is -2.38. The van der Waals surface area contributed by atoms with Crippen molar-refractivity contribution in [3.05, 3.63) is 58.8 Å². The molecule has 1 aliphatic heterocycles. The molecule has 7 nitrogen and oxygen atoms in total. The molecule has 0 saturated heterocycles. The summed E-state index contributed by atoms with van der Waals surface area (Å²) in [6.07, 6.45) is 1.14. The minimum Gasteiger partial charge on any atom is -0.493 e. The molecule has 1 N–H and O–H groups in total. The van der Waals surface area contributed by atoms with Crippen molar-refractivity contribution in [1.29, 1.82) is 0 Å². The number of carbonyl (C=O) groups excluding carboxylic acids is 2. The monoisotopic (exact) mass is 479 g/mol. The van der Waals surface area contributed by atoms with Gasteiger partial charge in [0.1, 0.15) is 5.75 Å². The van der Waals surface area contributed by atoms with Gasteiger partial charge in [-0.1, -0.05) is 32.0 Å². The molecular weight excluding hydrogens is 446 g/mol. The predicted molar refractivity (Wildman–Crippen MR) is 132 cm³/mol. The molecule has 0 fully saturated rings. The van der Waals surface area contributed by atoms with E-state index in [0.717, 1.165) is 16.9 Å². The average molecular weight is 480 g/mol. The second-order valence-electron chi connectivity index (χ2n) is 9.42. The van der Waals surface area contributed by atoms with Gasteiger partial charge < -0.3 is 24.3 Å². The van der Waals surface area contributed by atoms with Gasteiger partial charge in [-0.05, 0) is 42.0 Å². The second-order valence-corrected chi connectivity index (χ2v) is 9.42. The molecule has 35 heavy (non-hydrogen) atoms. The third-order valence-corrected chi connectivity index (χ3v) is 6.58. The predicted octanol–water partition coefficient (Wildman–Crippen LogP) is 4.75. The first-order valence-corrected chi connectivity index (χ1v) is 11.9. The van der Waals surface area contributed by atoms with Crippen molar-refractivity contribution in [3.8, 4) is 23.0 Å². The average Bonchev–Trinajstić information content (AvgIpc) is 2.85. The summed E-state index contributed by atoms with van der Waals surface area (Å²) in [6.45, 7) is 4.87. The highest BCUT2D eigenvalue weighted by atomic mass is 16.5. The van der Waals surface area contributed by atoms with Crippen molar-refractivity contribution in [2.24, 2.45) is 5.92 Å². The molecule has 2 unspecified atom stereocenters. The summed E-state index contributed by atoms with van der Waals surface area (Å²) in [5.41, 5.74) is 3.15. The van der Waals surface area contributed by atoms with E-state index in [2.05, 4.69) is 19.2 Å². The maximum atomic E-state index is 13.5. The van der Waals surface area contributed by atoms with Crippen LogP contribution < -0.4 is 24.3 Å². The molecule has 0 radical (unpaired) electrons. The van der Waals surface area contributed by atoms with Gasteiger partial charge in [0.15, 0.2) is 17.3 Å². The van der Waals surface area contributed by atoms with E-state index in [9.17, 15) is 9.59 Å². The summed E-state index contributed by atoms with van der Waals surface area (Å²) in [5.74, 6) is 2.22. The number of nitrogens with one attached hydrogen (secondary N) is 1. The van der Waals surface area contributed by atoms with Crippen molar-refractivity contribution in [2.45, 2.75) is 44.9 Å². The molecule has 0 saturated carbocycles. The number of rotatable bonds is 8. The molecule has 0 bridgehead atoms. The van der Waals surface area contributed by atoms with Crippen LogP contribution in [0, 0.1) is 5.92 Å². The molecule has 1 amide bonds. The Labute approximate surface area is 206 Å². The molecule has 1 heterocycles. The van der Waals surface area contributed by atoms with Crippen LogP contribution >= 0.6 is 0 Å². The van der Waals surface area contributed by atoms with Gasteiger partial charge in [0.25, 0.3) is 0 Å². The summed E-state index contributed by atoms with van der Waals surface area (Å²) in [6, 6.07) is 11.6. The maximum Gasteiger partial charge on any atom is 0.225 e. The third kappa shape index (κ3) is 4.99. The molecule has 2 aromatic carbocycles. The zero-order valence-electron chi connectivity index (χ0n) is 21.0. The Kier molecular flexibility index (Phi) is 7.34. The molecular formula is C28H33NO6. The quantitative estimate of drug-likeness (QED) is 0.588. The molecule has 2 atom stereocenters. The van der Waals surface area contributed by atoms with E-state index in [1.807, 2.05) is 30.3 Å². The normalized spacial score (nSPS) is 19.8. The Hall–Kier alpha value is -3.48. The van der Waals surface area contributed by atoms with Crippen LogP contribution in [0.2, 0.25) is 0 Å². The molecule has 4 rings (SSSR count). The van der Waals surface area contributed by atoms with Gasteiger partial charge in [0.05, 0.1) is 27.9 Å². The fourth-order valence-electron chi connectivity index (χ4n) is 4.96.